The van der Waals surface area contributed by atoms with Crippen molar-refractivity contribution in [3.63, 3.8) is 0 Å². The second-order valence-electron chi connectivity index (χ2n) is 6.33. The minimum absolute atomic E-state index is 0. The highest BCUT2D eigenvalue weighted by Gasteiger charge is 2.16. The molecule has 3 rings (SSSR count). The van der Waals surface area contributed by atoms with Crippen LogP contribution in [-0.2, 0) is 19.5 Å². The molecule has 142 valence electrons. The van der Waals surface area contributed by atoms with Gasteiger partial charge in [0.25, 0.3) is 0 Å². The lowest BCUT2D eigenvalue weighted by atomic mass is 10.1. The standard InChI is InChI=1S/C19H25FN4S.HI/c1-14-11-15(3-4-17(14)20)12-23-19(21-2)22-7-9-24-8-5-18-16(13-24)6-10-25-18;/h3-4,6,10-11H,5,7-9,12-13H2,1-2H3,(H2,21,22,23);1H. The van der Waals surface area contributed by atoms with Crippen molar-refractivity contribution in [3.8, 4) is 0 Å². The summed E-state index contributed by atoms with van der Waals surface area (Å²) in [7, 11) is 1.77. The number of nitrogens with zero attached hydrogens (tertiary/aromatic N) is 2. The molecule has 0 bridgehead atoms. The predicted octanol–water partition coefficient (Wildman–Crippen LogP) is 3.54. The highest BCUT2D eigenvalue weighted by Crippen LogP contribution is 2.23. The third-order valence-corrected chi connectivity index (χ3v) is 5.54. The normalized spacial score (nSPS) is 14.5. The Bertz CT molecular complexity index is 747. The summed E-state index contributed by atoms with van der Waals surface area (Å²) in [5.41, 5.74) is 3.19. The number of hydrogen-bond acceptors (Lipinski definition) is 3. The molecule has 0 spiro atoms. The Balaban J connectivity index is 0.00000243. The van der Waals surface area contributed by atoms with Crippen LogP contribution in [0, 0.1) is 12.7 Å². The molecular weight excluding hydrogens is 462 g/mol. The van der Waals surface area contributed by atoms with E-state index >= 15 is 0 Å². The molecule has 0 atom stereocenters. The molecule has 1 aliphatic heterocycles. The van der Waals surface area contributed by atoms with Crippen molar-refractivity contribution in [1.82, 2.24) is 15.5 Å². The summed E-state index contributed by atoms with van der Waals surface area (Å²) in [6, 6.07) is 7.42. The molecule has 0 radical (unpaired) electrons. The molecule has 2 aromatic rings. The molecule has 0 saturated heterocycles. The van der Waals surface area contributed by atoms with Gasteiger partial charge in [0.15, 0.2) is 5.96 Å². The van der Waals surface area contributed by atoms with E-state index in [0.29, 0.717) is 12.1 Å². The van der Waals surface area contributed by atoms with E-state index in [1.165, 1.54) is 16.5 Å². The quantitative estimate of drug-likeness (QED) is 0.385. The zero-order valence-corrected chi connectivity index (χ0v) is 18.4. The zero-order valence-electron chi connectivity index (χ0n) is 15.2. The van der Waals surface area contributed by atoms with Gasteiger partial charge in [-0.2, -0.15) is 0 Å². The second-order valence-corrected chi connectivity index (χ2v) is 7.33. The van der Waals surface area contributed by atoms with Gasteiger partial charge in [-0.1, -0.05) is 12.1 Å². The largest absolute Gasteiger partial charge is 0.355 e. The first kappa shape index (κ1) is 21.1. The van der Waals surface area contributed by atoms with E-state index in [9.17, 15) is 4.39 Å². The molecular formula is C19H26FIN4S. The molecule has 0 unspecified atom stereocenters. The first-order valence-electron chi connectivity index (χ1n) is 8.63. The highest BCUT2D eigenvalue weighted by atomic mass is 127. The molecule has 7 heteroatoms. The number of nitrogens with one attached hydrogen (secondary N) is 2. The van der Waals surface area contributed by atoms with E-state index in [1.54, 1.807) is 20.0 Å². The SMILES string of the molecule is CN=C(NCCN1CCc2sccc2C1)NCc1ccc(F)c(C)c1.I. The Morgan fingerprint density at radius 1 is 1.31 bits per heavy atom. The van der Waals surface area contributed by atoms with Crippen LogP contribution in [0.1, 0.15) is 21.6 Å². The van der Waals surface area contributed by atoms with Crippen molar-refractivity contribution in [3.05, 3.63) is 57.0 Å². The Morgan fingerprint density at radius 2 is 2.15 bits per heavy atom. The molecule has 0 saturated carbocycles. The molecule has 0 aliphatic carbocycles. The third kappa shape index (κ3) is 5.65. The van der Waals surface area contributed by atoms with E-state index in [-0.39, 0.29) is 29.8 Å². The fourth-order valence-corrected chi connectivity index (χ4v) is 3.94. The van der Waals surface area contributed by atoms with Gasteiger partial charge in [-0.05, 0) is 47.5 Å². The van der Waals surface area contributed by atoms with Crippen LogP contribution in [0.3, 0.4) is 0 Å². The van der Waals surface area contributed by atoms with Gasteiger partial charge in [0.1, 0.15) is 5.82 Å². The molecule has 0 amide bonds. The van der Waals surface area contributed by atoms with Crippen molar-refractivity contribution in [2.24, 2.45) is 4.99 Å². The summed E-state index contributed by atoms with van der Waals surface area (Å²) >= 11 is 1.87. The predicted molar refractivity (Wildman–Crippen MR) is 118 cm³/mol. The number of aryl methyl sites for hydroxylation is 1. The monoisotopic (exact) mass is 488 g/mol. The van der Waals surface area contributed by atoms with Gasteiger partial charge in [0.2, 0.25) is 0 Å². The van der Waals surface area contributed by atoms with Gasteiger partial charge in [0.05, 0.1) is 0 Å². The minimum atomic E-state index is -0.165. The highest BCUT2D eigenvalue weighted by molar-refractivity contribution is 14.0. The van der Waals surface area contributed by atoms with Crippen LogP contribution in [0.15, 0.2) is 34.6 Å². The van der Waals surface area contributed by atoms with E-state index in [2.05, 4.69) is 32.0 Å². The Kier molecular flexibility index (Phi) is 8.30. The van der Waals surface area contributed by atoms with Gasteiger partial charge in [-0.3, -0.25) is 9.89 Å². The summed E-state index contributed by atoms with van der Waals surface area (Å²) in [5, 5.41) is 8.83. The third-order valence-electron chi connectivity index (χ3n) is 4.51. The number of halogens is 2. The number of fused-ring (bicyclic) bond motifs is 1. The summed E-state index contributed by atoms with van der Waals surface area (Å²) < 4.78 is 13.3. The first-order chi connectivity index (χ1) is 12.2. The molecule has 1 aliphatic rings. The van der Waals surface area contributed by atoms with Crippen molar-refractivity contribution in [2.45, 2.75) is 26.4 Å². The van der Waals surface area contributed by atoms with Gasteiger partial charge >= 0.3 is 0 Å². The number of hydrogen-bond donors (Lipinski definition) is 2. The van der Waals surface area contributed by atoms with Crippen LogP contribution in [0.4, 0.5) is 4.39 Å². The summed E-state index contributed by atoms with van der Waals surface area (Å²) in [4.78, 5) is 8.27. The molecule has 0 fully saturated rings. The van der Waals surface area contributed by atoms with Gasteiger partial charge in [-0.25, -0.2) is 4.39 Å². The zero-order chi connectivity index (χ0) is 17.6. The molecule has 1 aromatic heterocycles. The smallest absolute Gasteiger partial charge is 0.191 e. The lowest BCUT2D eigenvalue weighted by Crippen LogP contribution is -2.42. The summed E-state index contributed by atoms with van der Waals surface area (Å²) in [5.74, 6) is 0.608. The lowest BCUT2D eigenvalue weighted by molar-refractivity contribution is 0.260. The van der Waals surface area contributed by atoms with Crippen molar-refractivity contribution in [1.29, 1.82) is 0 Å². The maximum absolute atomic E-state index is 13.3. The number of guanidine groups is 1. The molecule has 4 nitrogen and oxygen atoms in total. The molecule has 1 aromatic carbocycles. The Hall–Kier alpha value is -1.19. The second kappa shape index (κ2) is 10.2. The van der Waals surface area contributed by atoms with Crippen LogP contribution >= 0.6 is 35.3 Å². The fourth-order valence-electron chi connectivity index (χ4n) is 3.05. The van der Waals surface area contributed by atoms with Crippen molar-refractivity contribution in [2.75, 3.05) is 26.7 Å². The topological polar surface area (TPSA) is 39.7 Å². The van der Waals surface area contributed by atoms with E-state index in [1.807, 2.05) is 17.4 Å². The Morgan fingerprint density at radius 3 is 2.92 bits per heavy atom. The minimum Gasteiger partial charge on any atom is -0.355 e. The average Bonchev–Trinajstić information content (AvgIpc) is 3.08. The Labute approximate surface area is 175 Å². The maximum atomic E-state index is 13.3. The first-order valence-corrected chi connectivity index (χ1v) is 9.51. The summed E-state index contributed by atoms with van der Waals surface area (Å²) in [6.07, 6.45) is 1.16. The van der Waals surface area contributed by atoms with E-state index in [4.69, 9.17) is 0 Å². The maximum Gasteiger partial charge on any atom is 0.191 e. The number of rotatable bonds is 5. The van der Waals surface area contributed by atoms with Gasteiger partial charge in [-0.15, -0.1) is 35.3 Å². The molecule has 2 N–H and O–H groups in total. The van der Waals surface area contributed by atoms with Gasteiger partial charge in [0, 0.05) is 44.6 Å². The van der Waals surface area contributed by atoms with Crippen LogP contribution in [0.2, 0.25) is 0 Å². The number of benzene rings is 1. The summed E-state index contributed by atoms with van der Waals surface area (Å²) in [6.45, 7) is 6.41. The number of aliphatic imine (C=N–C) groups is 1. The van der Waals surface area contributed by atoms with Crippen LogP contribution in [0.25, 0.3) is 0 Å². The van der Waals surface area contributed by atoms with Crippen LogP contribution in [0.5, 0.6) is 0 Å². The van der Waals surface area contributed by atoms with Crippen molar-refractivity contribution < 1.29 is 4.39 Å². The van der Waals surface area contributed by atoms with E-state index < -0.39 is 0 Å². The average molecular weight is 488 g/mol. The van der Waals surface area contributed by atoms with E-state index in [0.717, 1.165) is 44.1 Å². The van der Waals surface area contributed by atoms with Crippen LogP contribution < -0.4 is 10.6 Å². The lowest BCUT2D eigenvalue weighted by Gasteiger charge is -2.27. The number of thiophene rings is 1. The van der Waals surface area contributed by atoms with Gasteiger partial charge < -0.3 is 10.6 Å². The van der Waals surface area contributed by atoms with Crippen LogP contribution in [-0.4, -0.2) is 37.5 Å². The molecule has 2 heterocycles. The fraction of sp³-hybridized carbons (Fsp3) is 0.421. The molecule has 26 heavy (non-hydrogen) atoms. The van der Waals surface area contributed by atoms with Crippen molar-refractivity contribution >= 4 is 41.3 Å².